The van der Waals surface area contributed by atoms with Crippen molar-refractivity contribution in [2.24, 2.45) is 0 Å². The highest BCUT2D eigenvalue weighted by atomic mass is 16.5. The van der Waals surface area contributed by atoms with E-state index in [0.717, 1.165) is 30.0 Å². The van der Waals surface area contributed by atoms with Gasteiger partial charge in [-0.3, -0.25) is 4.68 Å². The molecule has 5 heteroatoms. The number of aromatic nitrogens is 2. The molecular weight excluding hydrogens is 290 g/mol. The van der Waals surface area contributed by atoms with E-state index < -0.39 is 6.10 Å². The van der Waals surface area contributed by atoms with E-state index in [9.17, 15) is 5.11 Å². The molecule has 5 nitrogen and oxygen atoms in total. The molecule has 1 aromatic carbocycles. The first-order valence-electron chi connectivity index (χ1n) is 8.12. The number of aryl methyl sites for hydroxylation is 2. The van der Waals surface area contributed by atoms with Crippen LogP contribution in [0.5, 0.6) is 5.75 Å². The fourth-order valence-corrected chi connectivity index (χ4v) is 2.70. The van der Waals surface area contributed by atoms with Crippen molar-refractivity contribution in [3.05, 3.63) is 46.8 Å². The minimum Gasteiger partial charge on any atom is -0.497 e. The largest absolute Gasteiger partial charge is 0.497 e. The first-order valence-corrected chi connectivity index (χ1v) is 8.12. The van der Waals surface area contributed by atoms with Gasteiger partial charge in [0.15, 0.2) is 0 Å². The van der Waals surface area contributed by atoms with Crippen molar-refractivity contribution in [3.63, 3.8) is 0 Å². The Morgan fingerprint density at radius 3 is 2.57 bits per heavy atom. The Bertz CT molecular complexity index is 620. The van der Waals surface area contributed by atoms with E-state index in [4.69, 9.17) is 4.74 Å². The highest BCUT2D eigenvalue weighted by Crippen LogP contribution is 2.18. The first-order chi connectivity index (χ1) is 11.1. The van der Waals surface area contributed by atoms with Gasteiger partial charge >= 0.3 is 0 Å². The second kappa shape index (κ2) is 8.13. The Hall–Kier alpha value is -1.85. The number of hydrogen-bond acceptors (Lipinski definition) is 4. The molecule has 0 amide bonds. The summed E-state index contributed by atoms with van der Waals surface area (Å²) in [5, 5.41) is 18.2. The van der Waals surface area contributed by atoms with E-state index in [2.05, 4.69) is 28.9 Å². The maximum absolute atomic E-state index is 10.3. The summed E-state index contributed by atoms with van der Waals surface area (Å²) in [5.41, 5.74) is 4.37. The number of nitrogens with zero attached hydrogens (tertiary/aromatic N) is 2. The second-order valence-corrected chi connectivity index (χ2v) is 5.79. The number of rotatable bonds is 8. The van der Waals surface area contributed by atoms with Crippen LogP contribution in [0.1, 0.15) is 42.0 Å². The fourth-order valence-electron chi connectivity index (χ4n) is 2.70. The zero-order valence-corrected chi connectivity index (χ0v) is 14.5. The molecule has 1 aromatic heterocycles. The standard InChI is InChI=1S/C18H27N3O2/c1-5-10-21-14(3)17(13(2)20-21)11-19-12-18(22)15-6-8-16(23-4)9-7-15/h6-9,18-19,22H,5,10-12H2,1-4H3. The average molecular weight is 317 g/mol. The number of ether oxygens (including phenoxy) is 1. The summed E-state index contributed by atoms with van der Waals surface area (Å²) in [6.07, 6.45) is 0.539. The molecule has 0 spiro atoms. The van der Waals surface area contributed by atoms with Gasteiger partial charge in [-0.15, -0.1) is 0 Å². The molecule has 0 aliphatic heterocycles. The van der Waals surface area contributed by atoms with E-state index in [1.807, 2.05) is 31.2 Å². The van der Waals surface area contributed by atoms with Crippen LogP contribution in [0.2, 0.25) is 0 Å². The molecule has 2 rings (SSSR count). The number of benzene rings is 1. The molecule has 23 heavy (non-hydrogen) atoms. The van der Waals surface area contributed by atoms with Gasteiger partial charge in [-0.25, -0.2) is 0 Å². The van der Waals surface area contributed by atoms with Gasteiger partial charge < -0.3 is 15.2 Å². The number of methoxy groups -OCH3 is 1. The molecule has 0 saturated heterocycles. The Morgan fingerprint density at radius 1 is 1.26 bits per heavy atom. The van der Waals surface area contributed by atoms with Gasteiger partial charge in [-0.1, -0.05) is 19.1 Å². The summed E-state index contributed by atoms with van der Waals surface area (Å²) >= 11 is 0. The monoisotopic (exact) mass is 317 g/mol. The van der Waals surface area contributed by atoms with Crippen LogP contribution in [-0.4, -0.2) is 28.5 Å². The number of nitrogens with one attached hydrogen (secondary N) is 1. The lowest BCUT2D eigenvalue weighted by Gasteiger charge is -2.13. The predicted molar refractivity (Wildman–Crippen MR) is 91.7 cm³/mol. The van der Waals surface area contributed by atoms with Crippen molar-refractivity contribution in [2.75, 3.05) is 13.7 Å². The van der Waals surface area contributed by atoms with E-state index in [0.29, 0.717) is 13.1 Å². The molecule has 0 fully saturated rings. The first kappa shape index (κ1) is 17.5. The smallest absolute Gasteiger partial charge is 0.118 e. The number of hydrogen-bond donors (Lipinski definition) is 2. The fraction of sp³-hybridized carbons (Fsp3) is 0.500. The van der Waals surface area contributed by atoms with E-state index in [1.165, 1.54) is 11.3 Å². The quantitative estimate of drug-likeness (QED) is 0.786. The van der Waals surface area contributed by atoms with Crippen molar-refractivity contribution >= 4 is 0 Å². The van der Waals surface area contributed by atoms with Crippen LogP contribution >= 0.6 is 0 Å². The maximum atomic E-state index is 10.3. The highest BCUT2D eigenvalue weighted by Gasteiger charge is 2.12. The lowest BCUT2D eigenvalue weighted by molar-refractivity contribution is 0.174. The normalized spacial score (nSPS) is 12.4. The van der Waals surface area contributed by atoms with Gasteiger partial charge in [0.1, 0.15) is 5.75 Å². The van der Waals surface area contributed by atoms with Gasteiger partial charge in [0.25, 0.3) is 0 Å². The van der Waals surface area contributed by atoms with Crippen LogP contribution in [0.3, 0.4) is 0 Å². The van der Waals surface area contributed by atoms with Crippen molar-refractivity contribution in [1.82, 2.24) is 15.1 Å². The molecule has 1 heterocycles. The third kappa shape index (κ3) is 4.33. The summed E-state index contributed by atoms with van der Waals surface area (Å²) in [7, 11) is 1.64. The minimum atomic E-state index is -0.535. The highest BCUT2D eigenvalue weighted by molar-refractivity contribution is 5.28. The molecule has 126 valence electrons. The van der Waals surface area contributed by atoms with Gasteiger partial charge in [0.2, 0.25) is 0 Å². The van der Waals surface area contributed by atoms with Crippen LogP contribution in [0, 0.1) is 13.8 Å². The summed E-state index contributed by atoms with van der Waals surface area (Å²) < 4.78 is 7.19. The van der Waals surface area contributed by atoms with Crippen LogP contribution in [0.25, 0.3) is 0 Å². The van der Waals surface area contributed by atoms with E-state index in [-0.39, 0.29) is 0 Å². The van der Waals surface area contributed by atoms with Crippen molar-refractivity contribution in [2.45, 2.75) is 46.4 Å². The summed E-state index contributed by atoms with van der Waals surface area (Å²) in [6.45, 7) is 8.46. The lowest BCUT2D eigenvalue weighted by atomic mass is 10.1. The van der Waals surface area contributed by atoms with Crippen molar-refractivity contribution in [3.8, 4) is 5.75 Å². The van der Waals surface area contributed by atoms with E-state index >= 15 is 0 Å². The molecule has 1 atom stereocenters. The van der Waals surface area contributed by atoms with Crippen LogP contribution in [0.15, 0.2) is 24.3 Å². The molecule has 2 aromatic rings. The average Bonchev–Trinajstić information content (AvgIpc) is 2.82. The topological polar surface area (TPSA) is 59.3 Å². The molecular formula is C18H27N3O2. The molecule has 0 aliphatic rings. The Morgan fingerprint density at radius 2 is 1.96 bits per heavy atom. The molecule has 1 unspecified atom stereocenters. The zero-order valence-electron chi connectivity index (χ0n) is 14.5. The third-order valence-corrected chi connectivity index (χ3v) is 4.11. The minimum absolute atomic E-state index is 0.504. The van der Waals surface area contributed by atoms with Gasteiger partial charge in [-0.05, 0) is 38.0 Å². The van der Waals surface area contributed by atoms with Crippen LogP contribution < -0.4 is 10.1 Å². The maximum Gasteiger partial charge on any atom is 0.118 e. The summed E-state index contributed by atoms with van der Waals surface area (Å²) in [4.78, 5) is 0. The van der Waals surface area contributed by atoms with Crippen LogP contribution in [-0.2, 0) is 13.1 Å². The molecule has 0 radical (unpaired) electrons. The second-order valence-electron chi connectivity index (χ2n) is 5.79. The predicted octanol–water partition coefficient (Wildman–Crippen LogP) is 2.74. The van der Waals surface area contributed by atoms with Crippen molar-refractivity contribution in [1.29, 1.82) is 0 Å². The van der Waals surface area contributed by atoms with Gasteiger partial charge in [0.05, 0.1) is 18.9 Å². The Kier molecular flexibility index (Phi) is 6.19. The van der Waals surface area contributed by atoms with Crippen LogP contribution in [0.4, 0.5) is 0 Å². The Labute approximate surface area is 138 Å². The number of aliphatic hydroxyl groups excluding tert-OH is 1. The summed E-state index contributed by atoms with van der Waals surface area (Å²) in [6, 6.07) is 7.51. The summed E-state index contributed by atoms with van der Waals surface area (Å²) in [5.74, 6) is 0.795. The SMILES string of the molecule is CCCn1nc(C)c(CNCC(O)c2ccc(OC)cc2)c1C. The molecule has 2 N–H and O–H groups in total. The third-order valence-electron chi connectivity index (χ3n) is 4.11. The molecule has 0 bridgehead atoms. The lowest BCUT2D eigenvalue weighted by Crippen LogP contribution is -2.21. The van der Waals surface area contributed by atoms with E-state index in [1.54, 1.807) is 7.11 Å². The van der Waals surface area contributed by atoms with Crippen molar-refractivity contribution < 1.29 is 9.84 Å². The van der Waals surface area contributed by atoms with Gasteiger partial charge in [0, 0.05) is 30.9 Å². The molecule has 0 saturated carbocycles. The zero-order chi connectivity index (χ0) is 16.8. The van der Waals surface area contributed by atoms with Gasteiger partial charge in [-0.2, -0.15) is 5.10 Å². The number of aliphatic hydroxyl groups is 1. The Balaban J connectivity index is 1.91. The molecule has 0 aliphatic carbocycles.